The molecule has 2 heterocycles. The zero-order valence-electron chi connectivity index (χ0n) is 17.0. The van der Waals surface area contributed by atoms with Crippen LogP contribution in [0.1, 0.15) is 34.2 Å². The molecule has 0 atom stereocenters. The highest BCUT2D eigenvalue weighted by Crippen LogP contribution is 2.32. The van der Waals surface area contributed by atoms with Gasteiger partial charge >= 0.3 is 0 Å². The van der Waals surface area contributed by atoms with Crippen molar-refractivity contribution >= 4 is 15.7 Å². The van der Waals surface area contributed by atoms with Gasteiger partial charge in [0.15, 0.2) is 9.84 Å². The molecule has 160 valence electrons. The molecule has 1 aliphatic heterocycles. The monoisotopic (exact) mass is 442 g/mol. The Bertz CT molecular complexity index is 1270. The van der Waals surface area contributed by atoms with Crippen LogP contribution in [-0.2, 0) is 28.8 Å². The Hall–Kier alpha value is -3.13. The number of amides is 1. The number of carbonyl (C=O) groups is 1. The molecule has 31 heavy (non-hydrogen) atoms. The lowest BCUT2D eigenvalue weighted by atomic mass is 9.99. The van der Waals surface area contributed by atoms with Gasteiger partial charge in [0.05, 0.1) is 17.1 Å². The zero-order chi connectivity index (χ0) is 22.4. The number of carbonyl (C=O) groups excluding carboxylic acids is 1. The Labute approximate surface area is 179 Å². The van der Waals surface area contributed by atoms with Crippen molar-refractivity contribution in [1.29, 1.82) is 0 Å². The molecule has 0 saturated carbocycles. The van der Waals surface area contributed by atoms with Crippen molar-refractivity contribution in [2.24, 2.45) is 0 Å². The summed E-state index contributed by atoms with van der Waals surface area (Å²) in [7, 11) is -3.52. The van der Waals surface area contributed by atoms with Crippen LogP contribution in [0.25, 0.3) is 11.1 Å². The predicted molar refractivity (Wildman–Crippen MR) is 112 cm³/mol. The van der Waals surface area contributed by atoms with Gasteiger partial charge < -0.3 is 4.90 Å². The lowest BCUT2D eigenvalue weighted by Gasteiger charge is -2.18. The third-order valence-corrected chi connectivity index (χ3v) is 6.35. The molecule has 2 aromatic carbocycles. The molecule has 0 bridgehead atoms. The third-order valence-electron chi connectivity index (χ3n) is 5.24. The molecular formula is C23H20F2N2O3S. The lowest BCUT2D eigenvalue weighted by molar-refractivity contribution is 0.0125. The highest BCUT2D eigenvalue weighted by Gasteiger charge is 2.31. The van der Waals surface area contributed by atoms with Crippen molar-refractivity contribution in [3.8, 4) is 11.1 Å². The highest BCUT2D eigenvalue weighted by atomic mass is 32.2. The Morgan fingerprint density at radius 1 is 1.03 bits per heavy atom. The van der Waals surface area contributed by atoms with Gasteiger partial charge in [0.25, 0.3) is 11.8 Å². The second-order valence-corrected chi connectivity index (χ2v) is 9.71. The number of pyridine rings is 1. The number of benzene rings is 2. The van der Waals surface area contributed by atoms with Crippen molar-refractivity contribution in [3.05, 3.63) is 83.2 Å². The minimum Gasteiger partial charge on any atom is -0.328 e. The lowest BCUT2D eigenvalue weighted by Crippen LogP contribution is -2.26. The normalized spacial score (nSPS) is 13.9. The Kier molecular flexibility index (Phi) is 5.13. The molecule has 0 saturated heterocycles. The quantitative estimate of drug-likeness (QED) is 0.600. The SMILES string of the molecule is CC(F)(F)c1ccc2c(n1)CN(C(=O)c1cc(S(C)(=O)=O)ccc1-c1ccccc1)C2. The summed E-state index contributed by atoms with van der Waals surface area (Å²) in [4.78, 5) is 19.0. The van der Waals surface area contributed by atoms with Crippen molar-refractivity contribution < 1.29 is 22.0 Å². The number of alkyl halides is 2. The summed E-state index contributed by atoms with van der Waals surface area (Å²) in [6.07, 6.45) is 1.08. The molecule has 0 spiro atoms. The topological polar surface area (TPSA) is 67.3 Å². The minimum absolute atomic E-state index is 0.0401. The average molecular weight is 442 g/mol. The average Bonchev–Trinajstić information content (AvgIpc) is 3.15. The van der Waals surface area contributed by atoms with Crippen molar-refractivity contribution in [1.82, 2.24) is 9.88 Å². The summed E-state index contributed by atoms with van der Waals surface area (Å²) >= 11 is 0. The van der Waals surface area contributed by atoms with Gasteiger partial charge in [-0.25, -0.2) is 13.4 Å². The summed E-state index contributed by atoms with van der Waals surface area (Å²) in [5.41, 5.74) is 2.39. The second kappa shape index (κ2) is 7.53. The van der Waals surface area contributed by atoms with Gasteiger partial charge in [-0.3, -0.25) is 4.79 Å². The molecule has 0 fully saturated rings. The number of rotatable bonds is 4. The van der Waals surface area contributed by atoms with Gasteiger partial charge in [-0.1, -0.05) is 42.5 Å². The van der Waals surface area contributed by atoms with Gasteiger partial charge in [-0.2, -0.15) is 8.78 Å². The number of nitrogens with zero attached hydrogens (tertiary/aromatic N) is 2. The highest BCUT2D eigenvalue weighted by molar-refractivity contribution is 7.90. The van der Waals surface area contributed by atoms with Crippen molar-refractivity contribution in [2.75, 3.05) is 6.26 Å². The van der Waals surface area contributed by atoms with E-state index in [1.165, 1.54) is 23.1 Å². The smallest absolute Gasteiger partial charge is 0.286 e. The summed E-state index contributed by atoms with van der Waals surface area (Å²) in [5.74, 6) is -3.45. The van der Waals surface area contributed by atoms with E-state index in [-0.39, 0.29) is 35.1 Å². The molecule has 0 N–H and O–H groups in total. The molecule has 1 amide bonds. The number of hydrogen-bond acceptors (Lipinski definition) is 4. The summed E-state index contributed by atoms with van der Waals surface area (Å²) in [6, 6.07) is 16.5. The maximum atomic E-state index is 13.6. The molecule has 0 unspecified atom stereocenters. The van der Waals surface area contributed by atoms with Crippen molar-refractivity contribution in [2.45, 2.75) is 30.8 Å². The van der Waals surface area contributed by atoms with Gasteiger partial charge in [-0.15, -0.1) is 0 Å². The van der Waals surface area contributed by atoms with Crippen LogP contribution < -0.4 is 0 Å². The van der Waals surface area contributed by atoms with Crippen LogP contribution in [0.15, 0.2) is 65.6 Å². The van der Waals surface area contributed by atoms with Crippen LogP contribution >= 0.6 is 0 Å². The largest absolute Gasteiger partial charge is 0.328 e. The number of aromatic nitrogens is 1. The summed E-state index contributed by atoms with van der Waals surface area (Å²) < 4.78 is 51.4. The van der Waals surface area contributed by atoms with Gasteiger partial charge in [-0.05, 0) is 34.9 Å². The van der Waals surface area contributed by atoms with Gasteiger partial charge in [0.1, 0.15) is 5.69 Å². The Balaban J connectivity index is 1.74. The first kappa shape index (κ1) is 21.1. The molecular weight excluding hydrogens is 422 g/mol. The molecule has 1 aromatic heterocycles. The fraction of sp³-hybridized carbons (Fsp3) is 0.217. The van der Waals surface area contributed by atoms with Gasteiger partial charge in [0.2, 0.25) is 0 Å². The standard InChI is InChI=1S/C23H20F2N2O3S/c1-23(24,25)21-11-8-16-13-27(14-20(16)26-21)22(28)19-12-17(31(2,29)30)9-10-18(19)15-6-4-3-5-7-15/h3-12H,13-14H2,1-2H3. The minimum atomic E-state index is -3.52. The summed E-state index contributed by atoms with van der Waals surface area (Å²) in [6.45, 7) is 1.08. The van der Waals surface area contributed by atoms with E-state index < -0.39 is 15.8 Å². The van der Waals surface area contributed by atoms with E-state index in [4.69, 9.17) is 0 Å². The maximum Gasteiger partial charge on any atom is 0.286 e. The number of halogens is 2. The van der Waals surface area contributed by atoms with E-state index >= 15 is 0 Å². The van der Waals surface area contributed by atoms with Gasteiger partial charge in [0, 0.05) is 25.3 Å². The molecule has 8 heteroatoms. The zero-order valence-corrected chi connectivity index (χ0v) is 17.8. The first-order valence-corrected chi connectivity index (χ1v) is 11.5. The number of hydrogen-bond donors (Lipinski definition) is 0. The van der Waals surface area contributed by atoms with Crippen LogP contribution in [-0.4, -0.2) is 30.5 Å². The van der Waals surface area contributed by atoms with Crippen molar-refractivity contribution in [3.63, 3.8) is 0 Å². The van der Waals surface area contributed by atoms with Crippen LogP contribution in [0.5, 0.6) is 0 Å². The maximum absolute atomic E-state index is 13.6. The Morgan fingerprint density at radius 3 is 2.39 bits per heavy atom. The van der Waals surface area contributed by atoms with Crippen LogP contribution in [0.4, 0.5) is 8.78 Å². The predicted octanol–water partition coefficient (Wildman–Crippen LogP) is 4.42. The fourth-order valence-corrected chi connectivity index (χ4v) is 4.26. The van der Waals surface area contributed by atoms with Crippen LogP contribution in [0, 0.1) is 0 Å². The van der Waals surface area contributed by atoms with E-state index in [9.17, 15) is 22.0 Å². The van der Waals surface area contributed by atoms with E-state index in [1.807, 2.05) is 30.3 Å². The van der Waals surface area contributed by atoms with E-state index in [1.54, 1.807) is 12.1 Å². The molecule has 4 rings (SSSR count). The van der Waals surface area contributed by atoms with Crippen LogP contribution in [0.2, 0.25) is 0 Å². The first-order valence-electron chi connectivity index (χ1n) is 9.60. The number of sulfone groups is 1. The first-order chi connectivity index (χ1) is 14.5. The molecule has 0 aliphatic carbocycles. The van der Waals surface area contributed by atoms with Crippen LogP contribution in [0.3, 0.4) is 0 Å². The van der Waals surface area contributed by atoms with E-state index in [0.717, 1.165) is 18.7 Å². The molecule has 5 nitrogen and oxygen atoms in total. The van der Waals surface area contributed by atoms with E-state index in [0.29, 0.717) is 16.8 Å². The Morgan fingerprint density at radius 2 is 1.74 bits per heavy atom. The molecule has 1 aliphatic rings. The summed E-state index contributed by atoms with van der Waals surface area (Å²) in [5, 5.41) is 0. The fourth-order valence-electron chi connectivity index (χ4n) is 3.61. The molecule has 0 radical (unpaired) electrons. The molecule has 3 aromatic rings. The van der Waals surface area contributed by atoms with E-state index in [2.05, 4.69) is 4.98 Å². The number of fused-ring (bicyclic) bond motifs is 1. The third kappa shape index (κ3) is 4.20. The second-order valence-electron chi connectivity index (χ2n) is 7.70.